The molecule has 0 bridgehead atoms. The van der Waals surface area contributed by atoms with Crippen molar-refractivity contribution >= 4 is 23.2 Å². The highest BCUT2D eigenvalue weighted by Crippen LogP contribution is 2.35. The molecule has 0 radical (unpaired) electrons. The molecule has 26 heavy (non-hydrogen) atoms. The minimum absolute atomic E-state index is 0.157. The molecular formula is C17H20N2O6S. The Bertz CT molecular complexity index is 833. The van der Waals surface area contributed by atoms with Gasteiger partial charge in [-0.25, -0.2) is 9.78 Å². The smallest absolute Gasteiger partial charge is 0.347 e. The minimum atomic E-state index is -1.04. The van der Waals surface area contributed by atoms with Crippen LogP contribution in [0.3, 0.4) is 0 Å². The van der Waals surface area contributed by atoms with Gasteiger partial charge in [0.05, 0.1) is 38.6 Å². The van der Waals surface area contributed by atoms with Crippen molar-refractivity contribution in [2.24, 2.45) is 0 Å². The van der Waals surface area contributed by atoms with Gasteiger partial charge in [-0.3, -0.25) is 4.79 Å². The third-order valence-corrected chi connectivity index (χ3v) is 5.00. The molecule has 1 amide bonds. The SMILES string of the molecule is COc1cc(OC)c(C(=O)NC(C)c2nc(C)c(C(=O)O)s2)cc1OC. The molecule has 9 heteroatoms. The third-order valence-electron chi connectivity index (χ3n) is 3.68. The Labute approximate surface area is 154 Å². The second-order valence-electron chi connectivity index (χ2n) is 5.37. The third kappa shape index (κ3) is 3.88. The van der Waals surface area contributed by atoms with Gasteiger partial charge < -0.3 is 24.6 Å². The summed E-state index contributed by atoms with van der Waals surface area (Å²) in [5, 5.41) is 12.4. The second kappa shape index (κ2) is 8.05. The highest BCUT2D eigenvalue weighted by atomic mass is 32.1. The van der Waals surface area contributed by atoms with E-state index < -0.39 is 17.9 Å². The van der Waals surface area contributed by atoms with Crippen molar-refractivity contribution in [2.45, 2.75) is 19.9 Å². The van der Waals surface area contributed by atoms with Gasteiger partial charge in [0, 0.05) is 12.1 Å². The van der Waals surface area contributed by atoms with Crippen LogP contribution in [-0.4, -0.2) is 43.3 Å². The molecule has 2 aromatic rings. The molecule has 0 spiro atoms. The molecule has 1 aromatic carbocycles. The monoisotopic (exact) mass is 380 g/mol. The van der Waals surface area contributed by atoms with Crippen LogP contribution < -0.4 is 19.5 Å². The lowest BCUT2D eigenvalue weighted by Gasteiger charge is -2.16. The fourth-order valence-electron chi connectivity index (χ4n) is 2.34. The number of carboxylic acids is 1. The van der Waals surface area contributed by atoms with Crippen molar-refractivity contribution in [3.8, 4) is 17.2 Å². The molecule has 2 rings (SSSR count). The molecule has 140 valence electrons. The molecule has 0 fully saturated rings. The standard InChI is InChI=1S/C17H20N2O6S/c1-8-14(17(21)22)26-16(19-8)9(2)18-15(20)10-6-12(24-4)13(25-5)7-11(10)23-3/h6-7,9H,1-5H3,(H,18,20)(H,21,22). The molecule has 2 N–H and O–H groups in total. The molecule has 0 aliphatic carbocycles. The van der Waals surface area contributed by atoms with Gasteiger partial charge in [0.1, 0.15) is 15.6 Å². The van der Waals surface area contributed by atoms with E-state index in [1.807, 2.05) is 0 Å². The maximum Gasteiger partial charge on any atom is 0.347 e. The van der Waals surface area contributed by atoms with Gasteiger partial charge in [-0.2, -0.15) is 0 Å². The summed E-state index contributed by atoms with van der Waals surface area (Å²) in [6.45, 7) is 3.35. The quantitative estimate of drug-likeness (QED) is 0.760. The maximum atomic E-state index is 12.7. The van der Waals surface area contributed by atoms with E-state index in [9.17, 15) is 9.59 Å². The lowest BCUT2D eigenvalue weighted by atomic mass is 10.1. The zero-order valence-corrected chi connectivity index (χ0v) is 15.9. The first-order valence-electron chi connectivity index (χ1n) is 7.63. The Morgan fingerprint density at radius 2 is 1.69 bits per heavy atom. The fraction of sp³-hybridized carbons (Fsp3) is 0.353. The van der Waals surface area contributed by atoms with Crippen LogP contribution in [0.2, 0.25) is 0 Å². The summed E-state index contributed by atoms with van der Waals surface area (Å²) in [6, 6.07) is 2.61. The zero-order chi connectivity index (χ0) is 19.4. The summed E-state index contributed by atoms with van der Waals surface area (Å²) >= 11 is 1.04. The normalized spacial score (nSPS) is 11.6. The van der Waals surface area contributed by atoms with E-state index in [1.165, 1.54) is 27.4 Å². The first-order valence-corrected chi connectivity index (χ1v) is 8.45. The summed E-state index contributed by atoms with van der Waals surface area (Å²) in [7, 11) is 4.41. The number of methoxy groups -OCH3 is 3. The van der Waals surface area contributed by atoms with Gasteiger partial charge >= 0.3 is 5.97 Å². The number of carbonyl (C=O) groups excluding carboxylic acids is 1. The summed E-state index contributed by atoms with van der Waals surface area (Å²) in [6.07, 6.45) is 0. The number of nitrogens with zero attached hydrogens (tertiary/aromatic N) is 1. The summed E-state index contributed by atoms with van der Waals surface area (Å²) < 4.78 is 15.7. The van der Waals surface area contributed by atoms with E-state index in [1.54, 1.807) is 19.9 Å². The van der Waals surface area contributed by atoms with Crippen LogP contribution in [0.5, 0.6) is 17.2 Å². The number of benzene rings is 1. The van der Waals surface area contributed by atoms with E-state index in [4.69, 9.17) is 19.3 Å². The van der Waals surface area contributed by atoms with Crippen LogP contribution in [-0.2, 0) is 0 Å². The van der Waals surface area contributed by atoms with Crippen molar-refractivity contribution in [3.63, 3.8) is 0 Å². The van der Waals surface area contributed by atoms with Crippen LogP contribution >= 0.6 is 11.3 Å². The summed E-state index contributed by atoms with van der Waals surface area (Å²) in [5.41, 5.74) is 0.686. The van der Waals surface area contributed by atoms with Crippen LogP contribution in [0.15, 0.2) is 12.1 Å². The molecular weight excluding hydrogens is 360 g/mol. The molecule has 0 saturated carbocycles. The van der Waals surface area contributed by atoms with Gasteiger partial charge in [0.25, 0.3) is 5.91 Å². The highest BCUT2D eigenvalue weighted by Gasteiger charge is 2.22. The second-order valence-corrected chi connectivity index (χ2v) is 6.41. The van der Waals surface area contributed by atoms with Gasteiger partial charge in [-0.05, 0) is 13.8 Å². The van der Waals surface area contributed by atoms with E-state index in [0.29, 0.717) is 28.0 Å². The number of aryl methyl sites for hydroxylation is 1. The van der Waals surface area contributed by atoms with Gasteiger partial charge in [-0.1, -0.05) is 0 Å². The largest absolute Gasteiger partial charge is 0.496 e. The van der Waals surface area contributed by atoms with E-state index >= 15 is 0 Å². The molecule has 1 unspecified atom stereocenters. The summed E-state index contributed by atoms with van der Waals surface area (Å²) in [5.74, 6) is -0.278. The first-order chi connectivity index (χ1) is 12.3. The highest BCUT2D eigenvalue weighted by molar-refractivity contribution is 7.13. The minimum Gasteiger partial charge on any atom is -0.496 e. The topological polar surface area (TPSA) is 107 Å². The average Bonchev–Trinajstić information content (AvgIpc) is 3.02. The Hall–Kier alpha value is -2.81. The average molecular weight is 380 g/mol. The number of rotatable bonds is 7. The van der Waals surface area contributed by atoms with Gasteiger partial charge in [0.15, 0.2) is 11.5 Å². The van der Waals surface area contributed by atoms with Crippen molar-refractivity contribution in [1.29, 1.82) is 0 Å². The first kappa shape index (κ1) is 19.5. The number of hydrogen-bond donors (Lipinski definition) is 2. The number of aromatic carboxylic acids is 1. The number of nitrogens with one attached hydrogen (secondary N) is 1. The number of carboxylic acid groups (broad SMARTS) is 1. The van der Waals surface area contributed by atoms with Crippen molar-refractivity contribution in [2.75, 3.05) is 21.3 Å². The van der Waals surface area contributed by atoms with Crippen LogP contribution in [0.25, 0.3) is 0 Å². The number of carbonyl (C=O) groups is 2. The predicted molar refractivity (Wildman–Crippen MR) is 95.8 cm³/mol. The van der Waals surface area contributed by atoms with Crippen molar-refractivity contribution in [1.82, 2.24) is 10.3 Å². The lowest BCUT2D eigenvalue weighted by Crippen LogP contribution is -2.27. The molecule has 1 atom stereocenters. The number of thiazole rings is 1. The Morgan fingerprint density at radius 1 is 1.12 bits per heavy atom. The van der Waals surface area contributed by atoms with E-state index in [-0.39, 0.29) is 10.4 Å². The number of amides is 1. The fourth-order valence-corrected chi connectivity index (χ4v) is 3.25. The molecule has 8 nitrogen and oxygen atoms in total. The predicted octanol–water partition coefficient (Wildman–Crippen LogP) is 2.67. The van der Waals surface area contributed by atoms with Crippen LogP contribution in [0.1, 0.15) is 43.7 Å². The van der Waals surface area contributed by atoms with Crippen LogP contribution in [0, 0.1) is 6.92 Å². The lowest BCUT2D eigenvalue weighted by molar-refractivity contribution is 0.0700. The number of aromatic nitrogens is 1. The van der Waals surface area contributed by atoms with Gasteiger partial charge in [0.2, 0.25) is 0 Å². The molecule has 1 aromatic heterocycles. The number of hydrogen-bond acceptors (Lipinski definition) is 7. The Kier molecular flexibility index (Phi) is 6.04. The molecule has 1 heterocycles. The number of ether oxygens (including phenoxy) is 3. The Balaban J connectivity index is 2.29. The van der Waals surface area contributed by atoms with E-state index in [2.05, 4.69) is 10.3 Å². The van der Waals surface area contributed by atoms with Gasteiger partial charge in [-0.15, -0.1) is 11.3 Å². The van der Waals surface area contributed by atoms with Crippen molar-refractivity contribution in [3.05, 3.63) is 33.3 Å². The van der Waals surface area contributed by atoms with Crippen molar-refractivity contribution < 1.29 is 28.9 Å². The van der Waals surface area contributed by atoms with Crippen LogP contribution in [0.4, 0.5) is 0 Å². The Morgan fingerprint density at radius 3 is 2.19 bits per heavy atom. The zero-order valence-electron chi connectivity index (χ0n) is 15.1. The molecule has 0 aliphatic rings. The molecule has 0 aliphatic heterocycles. The molecule has 0 saturated heterocycles. The summed E-state index contributed by atoms with van der Waals surface area (Å²) in [4.78, 5) is 28.2. The maximum absolute atomic E-state index is 12.7. The van der Waals surface area contributed by atoms with E-state index in [0.717, 1.165) is 11.3 Å².